The lowest BCUT2D eigenvalue weighted by molar-refractivity contribution is 0.203. The highest BCUT2D eigenvalue weighted by atomic mass is 16.3. The Hall–Kier alpha value is -2.08. The van der Waals surface area contributed by atoms with Crippen LogP contribution in [-0.2, 0) is 0 Å². The molecule has 6 nitrogen and oxygen atoms in total. The molecule has 3 heterocycles. The molecule has 0 spiro atoms. The molecule has 0 radical (unpaired) electrons. The lowest BCUT2D eigenvalue weighted by atomic mass is 10.3. The Kier molecular flexibility index (Phi) is 2.47. The molecule has 6 heteroatoms. The van der Waals surface area contributed by atoms with Crippen LogP contribution in [0.3, 0.4) is 0 Å². The van der Waals surface area contributed by atoms with Crippen molar-refractivity contribution >= 4 is 17.2 Å². The van der Waals surface area contributed by atoms with Crippen LogP contribution in [0.1, 0.15) is 0 Å². The number of carbonyl (C=O) groups is 1. The van der Waals surface area contributed by atoms with Gasteiger partial charge in [0.2, 0.25) is 0 Å². The molecule has 1 unspecified atom stereocenters. The monoisotopic (exact) mass is 272 g/mol. The van der Waals surface area contributed by atoms with Crippen LogP contribution in [0.25, 0.3) is 5.52 Å². The summed E-state index contributed by atoms with van der Waals surface area (Å²) in [7, 11) is 0. The minimum Gasteiger partial charge on any atom is -0.396 e. The predicted molar refractivity (Wildman–Crippen MR) is 73.3 cm³/mol. The second kappa shape index (κ2) is 4.21. The van der Waals surface area contributed by atoms with Gasteiger partial charge in [-0.05, 0) is 29.9 Å². The van der Waals surface area contributed by atoms with E-state index in [-0.39, 0.29) is 12.6 Å². The van der Waals surface area contributed by atoms with Gasteiger partial charge in [0, 0.05) is 25.9 Å². The largest absolute Gasteiger partial charge is 0.396 e. The lowest BCUT2D eigenvalue weighted by Crippen LogP contribution is -2.35. The normalized spacial score (nSPS) is 27.6. The molecule has 2 aliphatic rings. The minimum absolute atomic E-state index is 0.0763. The molecule has 4 rings (SSSR count). The van der Waals surface area contributed by atoms with Crippen LogP contribution >= 0.6 is 0 Å². The zero-order valence-electron chi connectivity index (χ0n) is 10.9. The summed E-state index contributed by atoms with van der Waals surface area (Å²) < 4.78 is 1.73. The number of piperidine rings is 1. The van der Waals surface area contributed by atoms with E-state index in [2.05, 4.69) is 10.4 Å². The van der Waals surface area contributed by atoms with Crippen molar-refractivity contribution in [2.24, 2.45) is 17.8 Å². The molecule has 1 saturated heterocycles. The van der Waals surface area contributed by atoms with Gasteiger partial charge in [0.05, 0.1) is 17.4 Å². The van der Waals surface area contributed by atoms with Crippen LogP contribution in [0.2, 0.25) is 0 Å². The van der Waals surface area contributed by atoms with Crippen LogP contribution < -0.4 is 5.32 Å². The summed E-state index contributed by atoms with van der Waals surface area (Å²) in [6.07, 6.45) is 3.52. The van der Waals surface area contributed by atoms with Gasteiger partial charge in [-0.2, -0.15) is 5.10 Å². The molecule has 0 bridgehead atoms. The van der Waals surface area contributed by atoms with Crippen molar-refractivity contribution in [3.63, 3.8) is 0 Å². The number of carbonyl (C=O) groups excluding carboxylic acids is 1. The number of aromatic nitrogens is 2. The summed E-state index contributed by atoms with van der Waals surface area (Å²) >= 11 is 0. The number of hydrogen-bond donors (Lipinski definition) is 2. The third-order valence-corrected chi connectivity index (χ3v) is 4.54. The van der Waals surface area contributed by atoms with E-state index in [0.29, 0.717) is 17.8 Å². The van der Waals surface area contributed by atoms with E-state index in [9.17, 15) is 4.79 Å². The second-order valence-corrected chi connectivity index (χ2v) is 5.60. The first-order valence-electron chi connectivity index (χ1n) is 6.87. The number of hydrogen-bond acceptors (Lipinski definition) is 3. The van der Waals surface area contributed by atoms with Crippen molar-refractivity contribution in [3.05, 3.63) is 30.6 Å². The third-order valence-electron chi connectivity index (χ3n) is 4.54. The Balaban J connectivity index is 1.46. The Morgan fingerprint density at radius 1 is 1.40 bits per heavy atom. The minimum atomic E-state index is -0.0763. The van der Waals surface area contributed by atoms with E-state index in [4.69, 9.17) is 5.11 Å². The van der Waals surface area contributed by atoms with E-state index in [1.807, 2.05) is 29.3 Å². The number of urea groups is 1. The Morgan fingerprint density at radius 3 is 2.95 bits per heavy atom. The van der Waals surface area contributed by atoms with Crippen LogP contribution in [0, 0.1) is 17.8 Å². The Bertz CT molecular complexity index is 656. The number of pyridine rings is 1. The van der Waals surface area contributed by atoms with Crippen molar-refractivity contribution in [1.82, 2.24) is 14.5 Å². The summed E-state index contributed by atoms with van der Waals surface area (Å²) in [5.41, 5.74) is 1.62. The third kappa shape index (κ3) is 1.68. The topological polar surface area (TPSA) is 69.9 Å². The quantitative estimate of drug-likeness (QED) is 0.858. The fourth-order valence-electron chi connectivity index (χ4n) is 3.31. The van der Waals surface area contributed by atoms with Gasteiger partial charge in [0.15, 0.2) is 0 Å². The standard InChI is InChI=1S/C14H16N4O2/c19-8-11-9-6-17(7-10(9)11)14(20)16-12-5-15-18-4-2-1-3-13(12)18/h1-5,9-11,19H,6-8H2,(H,16,20)/t9-,10+,11?. The number of rotatable bonds is 2. The molecule has 2 amide bonds. The van der Waals surface area contributed by atoms with Crippen molar-refractivity contribution in [2.45, 2.75) is 0 Å². The van der Waals surface area contributed by atoms with Crippen LogP contribution in [0.5, 0.6) is 0 Å². The zero-order chi connectivity index (χ0) is 13.7. The number of aliphatic hydroxyl groups excluding tert-OH is 1. The average molecular weight is 272 g/mol. The molecule has 2 aromatic rings. The fourth-order valence-corrected chi connectivity index (χ4v) is 3.31. The predicted octanol–water partition coefficient (Wildman–Crippen LogP) is 1.04. The number of amides is 2. The SMILES string of the molecule is O=C(Nc1cnn2ccccc12)N1C[C@@H]2C(CO)[C@@H]2C1. The molecule has 20 heavy (non-hydrogen) atoms. The molecular formula is C14H16N4O2. The van der Waals surface area contributed by atoms with E-state index in [0.717, 1.165) is 24.3 Å². The number of nitrogens with one attached hydrogen (secondary N) is 1. The molecule has 2 aromatic heterocycles. The molecule has 0 aromatic carbocycles. The van der Waals surface area contributed by atoms with Gasteiger partial charge in [0.1, 0.15) is 0 Å². The highest BCUT2D eigenvalue weighted by Gasteiger charge is 2.56. The number of likely N-dealkylation sites (tertiary alicyclic amines) is 1. The first-order valence-corrected chi connectivity index (χ1v) is 6.87. The Labute approximate surface area is 116 Å². The van der Waals surface area contributed by atoms with Gasteiger partial charge >= 0.3 is 6.03 Å². The lowest BCUT2D eigenvalue weighted by Gasteiger charge is -2.19. The molecule has 104 valence electrons. The summed E-state index contributed by atoms with van der Waals surface area (Å²) in [6.45, 7) is 1.75. The first-order chi connectivity index (χ1) is 9.78. The number of anilines is 1. The summed E-state index contributed by atoms with van der Waals surface area (Å²) in [6, 6.07) is 5.66. The maximum absolute atomic E-state index is 12.2. The Morgan fingerprint density at radius 2 is 2.20 bits per heavy atom. The highest BCUT2D eigenvalue weighted by molar-refractivity contribution is 5.94. The van der Waals surface area contributed by atoms with E-state index < -0.39 is 0 Å². The molecule has 2 N–H and O–H groups in total. The van der Waals surface area contributed by atoms with Crippen molar-refractivity contribution in [1.29, 1.82) is 0 Å². The van der Waals surface area contributed by atoms with E-state index >= 15 is 0 Å². The van der Waals surface area contributed by atoms with E-state index in [1.165, 1.54) is 0 Å². The van der Waals surface area contributed by atoms with Gasteiger partial charge in [-0.15, -0.1) is 0 Å². The van der Waals surface area contributed by atoms with Crippen LogP contribution in [0.4, 0.5) is 10.5 Å². The molecule has 1 aliphatic carbocycles. The van der Waals surface area contributed by atoms with Gasteiger partial charge in [-0.3, -0.25) is 0 Å². The van der Waals surface area contributed by atoms with Crippen molar-refractivity contribution in [3.8, 4) is 0 Å². The maximum atomic E-state index is 12.2. The van der Waals surface area contributed by atoms with Crippen LogP contribution in [0.15, 0.2) is 30.6 Å². The number of nitrogens with zero attached hydrogens (tertiary/aromatic N) is 3. The number of fused-ring (bicyclic) bond motifs is 2. The van der Waals surface area contributed by atoms with Crippen molar-refractivity contribution < 1.29 is 9.90 Å². The molecule has 1 aliphatic heterocycles. The van der Waals surface area contributed by atoms with Gasteiger partial charge in [-0.25, -0.2) is 9.31 Å². The molecule has 1 saturated carbocycles. The van der Waals surface area contributed by atoms with Crippen molar-refractivity contribution in [2.75, 3.05) is 25.0 Å². The maximum Gasteiger partial charge on any atom is 0.321 e. The summed E-state index contributed by atoms with van der Waals surface area (Å²) in [5, 5.41) is 16.3. The summed E-state index contributed by atoms with van der Waals surface area (Å²) in [4.78, 5) is 14.1. The van der Waals surface area contributed by atoms with E-state index in [1.54, 1.807) is 10.7 Å². The fraction of sp³-hybridized carbons (Fsp3) is 0.429. The summed E-state index contributed by atoms with van der Waals surface area (Å²) in [5.74, 6) is 1.40. The van der Waals surface area contributed by atoms with Gasteiger partial charge in [-0.1, -0.05) is 6.07 Å². The smallest absolute Gasteiger partial charge is 0.321 e. The zero-order valence-corrected chi connectivity index (χ0v) is 10.9. The molecular weight excluding hydrogens is 256 g/mol. The molecule has 2 fully saturated rings. The van der Waals surface area contributed by atoms with Gasteiger partial charge < -0.3 is 15.3 Å². The van der Waals surface area contributed by atoms with Crippen LogP contribution in [-0.4, -0.2) is 45.3 Å². The second-order valence-electron chi connectivity index (χ2n) is 5.60. The molecule has 3 atom stereocenters. The highest BCUT2D eigenvalue weighted by Crippen LogP contribution is 2.51. The number of aliphatic hydroxyl groups is 1. The van der Waals surface area contributed by atoms with Gasteiger partial charge in [0.25, 0.3) is 0 Å². The average Bonchev–Trinajstić information content (AvgIpc) is 2.82. The first kappa shape index (κ1) is 11.7.